The fourth-order valence-electron chi connectivity index (χ4n) is 1.65. The van der Waals surface area contributed by atoms with Crippen LogP contribution < -0.4 is 5.73 Å². The van der Waals surface area contributed by atoms with E-state index in [4.69, 9.17) is 15.7 Å². The van der Waals surface area contributed by atoms with Crippen LogP contribution in [0.2, 0.25) is 0 Å². The summed E-state index contributed by atoms with van der Waals surface area (Å²) >= 11 is 0. The maximum Gasteiger partial charge on any atom is 0.156 e. The molecule has 14 heavy (non-hydrogen) atoms. The molecule has 5 nitrogen and oxygen atoms in total. The Labute approximate surface area is 84.5 Å². The molecule has 0 aromatic heterocycles. The largest absolute Gasteiger partial charge is 0.409 e. The van der Waals surface area contributed by atoms with Crippen molar-refractivity contribution in [2.24, 2.45) is 10.9 Å². The topological polar surface area (TPSA) is 71.1 Å². The van der Waals surface area contributed by atoms with Gasteiger partial charge in [-0.05, 0) is 20.3 Å². The summed E-state index contributed by atoms with van der Waals surface area (Å²) in [5, 5.41) is 11.6. The Kier molecular flexibility index (Phi) is 4.16. The first-order valence-electron chi connectivity index (χ1n) is 4.98. The molecule has 0 amide bonds. The number of rotatable bonds is 2. The molecule has 1 rings (SSSR count). The lowest BCUT2D eigenvalue weighted by Gasteiger charge is -2.27. The molecule has 0 saturated carbocycles. The highest BCUT2D eigenvalue weighted by Gasteiger charge is 2.22. The molecule has 0 radical (unpaired) electrons. The van der Waals surface area contributed by atoms with Crippen LogP contribution in [0, 0.1) is 0 Å². The molecule has 1 saturated heterocycles. The molecule has 0 aromatic carbocycles. The Morgan fingerprint density at radius 2 is 2.43 bits per heavy atom. The molecule has 0 bridgehead atoms. The Bertz CT molecular complexity index is 208. The SMILES string of the molecule is CC1CN(C(C)C(N)=NO)CCCO1. The summed E-state index contributed by atoms with van der Waals surface area (Å²) in [6.45, 7) is 6.53. The van der Waals surface area contributed by atoms with E-state index in [0.717, 1.165) is 26.1 Å². The average molecular weight is 201 g/mol. The van der Waals surface area contributed by atoms with Crippen LogP contribution in [0.5, 0.6) is 0 Å². The highest BCUT2D eigenvalue weighted by atomic mass is 16.5. The molecule has 1 aliphatic heterocycles. The predicted octanol–water partition coefficient (Wildman–Crippen LogP) is 0.232. The van der Waals surface area contributed by atoms with E-state index < -0.39 is 0 Å². The lowest BCUT2D eigenvalue weighted by atomic mass is 10.2. The van der Waals surface area contributed by atoms with E-state index in [2.05, 4.69) is 10.1 Å². The van der Waals surface area contributed by atoms with Crippen molar-refractivity contribution in [2.75, 3.05) is 19.7 Å². The molecule has 2 unspecified atom stereocenters. The van der Waals surface area contributed by atoms with Crippen LogP contribution in [-0.2, 0) is 4.74 Å². The van der Waals surface area contributed by atoms with Gasteiger partial charge in [-0.1, -0.05) is 5.16 Å². The van der Waals surface area contributed by atoms with Gasteiger partial charge in [0.05, 0.1) is 12.1 Å². The minimum atomic E-state index is -0.0239. The van der Waals surface area contributed by atoms with Crippen molar-refractivity contribution in [2.45, 2.75) is 32.4 Å². The van der Waals surface area contributed by atoms with E-state index >= 15 is 0 Å². The van der Waals surface area contributed by atoms with Crippen molar-refractivity contribution < 1.29 is 9.94 Å². The van der Waals surface area contributed by atoms with Gasteiger partial charge in [-0.15, -0.1) is 0 Å². The maximum absolute atomic E-state index is 8.58. The Morgan fingerprint density at radius 3 is 3.07 bits per heavy atom. The van der Waals surface area contributed by atoms with E-state index in [1.54, 1.807) is 0 Å². The van der Waals surface area contributed by atoms with E-state index in [9.17, 15) is 0 Å². The summed E-state index contributed by atoms with van der Waals surface area (Å²) in [6.07, 6.45) is 1.21. The fourth-order valence-corrected chi connectivity index (χ4v) is 1.65. The lowest BCUT2D eigenvalue weighted by molar-refractivity contribution is 0.0658. The predicted molar refractivity (Wildman–Crippen MR) is 54.5 cm³/mol. The standard InChI is InChI=1S/C9H19N3O2/c1-7-6-12(4-3-5-14-7)8(2)9(10)11-13/h7-8,13H,3-6H2,1-2H3,(H2,10,11). The van der Waals surface area contributed by atoms with Gasteiger partial charge in [0.15, 0.2) is 5.84 Å². The highest BCUT2D eigenvalue weighted by molar-refractivity contribution is 5.84. The van der Waals surface area contributed by atoms with Gasteiger partial charge < -0.3 is 15.7 Å². The minimum absolute atomic E-state index is 0.0239. The van der Waals surface area contributed by atoms with Crippen molar-refractivity contribution in [3.8, 4) is 0 Å². The van der Waals surface area contributed by atoms with Crippen molar-refractivity contribution in [1.29, 1.82) is 0 Å². The summed E-state index contributed by atoms with van der Waals surface area (Å²) < 4.78 is 5.51. The molecule has 5 heteroatoms. The monoisotopic (exact) mass is 201 g/mol. The van der Waals surface area contributed by atoms with Crippen molar-refractivity contribution in [1.82, 2.24) is 4.90 Å². The summed E-state index contributed by atoms with van der Waals surface area (Å²) in [7, 11) is 0. The zero-order chi connectivity index (χ0) is 10.6. The summed E-state index contributed by atoms with van der Waals surface area (Å²) in [4.78, 5) is 2.17. The van der Waals surface area contributed by atoms with Crippen LogP contribution in [0.1, 0.15) is 20.3 Å². The molecule has 82 valence electrons. The third-order valence-corrected chi connectivity index (χ3v) is 2.57. The number of hydrogen-bond donors (Lipinski definition) is 2. The molecule has 2 atom stereocenters. The van der Waals surface area contributed by atoms with E-state index in [1.165, 1.54) is 0 Å². The number of ether oxygens (including phenoxy) is 1. The minimum Gasteiger partial charge on any atom is -0.409 e. The zero-order valence-corrected chi connectivity index (χ0v) is 8.81. The van der Waals surface area contributed by atoms with Crippen molar-refractivity contribution in [3.63, 3.8) is 0 Å². The van der Waals surface area contributed by atoms with E-state index in [0.29, 0.717) is 0 Å². The zero-order valence-electron chi connectivity index (χ0n) is 8.81. The third-order valence-electron chi connectivity index (χ3n) is 2.57. The summed E-state index contributed by atoms with van der Waals surface area (Å²) in [5.41, 5.74) is 5.56. The number of nitrogens with two attached hydrogens (primary N) is 1. The van der Waals surface area contributed by atoms with Crippen LogP contribution in [-0.4, -0.2) is 47.8 Å². The second-order valence-electron chi connectivity index (χ2n) is 3.73. The van der Waals surface area contributed by atoms with Crippen LogP contribution in [0.3, 0.4) is 0 Å². The average Bonchev–Trinajstić information content (AvgIpc) is 2.40. The normalized spacial score (nSPS) is 28.4. The number of oxime groups is 1. The first-order chi connectivity index (χ1) is 6.65. The number of amidine groups is 1. The molecular weight excluding hydrogens is 182 g/mol. The summed E-state index contributed by atoms with van der Waals surface area (Å²) in [5.74, 6) is 0.263. The highest BCUT2D eigenvalue weighted by Crippen LogP contribution is 2.09. The molecule has 0 spiro atoms. The second kappa shape index (κ2) is 5.17. The molecule has 1 fully saturated rings. The van der Waals surface area contributed by atoms with E-state index in [1.807, 2.05) is 13.8 Å². The molecule has 0 aliphatic carbocycles. The van der Waals surface area contributed by atoms with Gasteiger partial charge in [0, 0.05) is 19.7 Å². The second-order valence-corrected chi connectivity index (χ2v) is 3.73. The van der Waals surface area contributed by atoms with Gasteiger partial charge in [-0.2, -0.15) is 0 Å². The molecule has 1 aliphatic rings. The smallest absolute Gasteiger partial charge is 0.156 e. The summed E-state index contributed by atoms with van der Waals surface area (Å²) in [6, 6.07) is -0.0239. The first kappa shape index (κ1) is 11.3. The fraction of sp³-hybridized carbons (Fsp3) is 0.889. The Morgan fingerprint density at radius 1 is 1.71 bits per heavy atom. The Hall–Kier alpha value is -0.810. The lowest BCUT2D eigenvalue weighted by Crippen LogP contribution is -2.45. The van der Waals surface area contributed by atoms with E-state index in [-0.39, 0.29) is 18.0 Å². The Balaban J connectivity index is 2.56. The van der Waals surface area contributed by atoms with Gasteiger partial charge in [0.25, 0.3) is 0 Å². The van der Waals surface area contributed by atoms with Crippen molar-refractivity contribution in [3.05, 3.63) is 0 Å². The van der Waals surface area contributed by atoms with Gasteiger partial charge in [0.1, 0.15) is 0 Å². The molecular formula is C9H19N3O2. The van der Waals surface area contributed by atoms with Gasteiger partial charge in [-0.3, -0.25) is 4.90 Å². The molecule has 1 heterocycles. The third kappa shape index (κ3) is 2.85. The number of hydrogen-bond acceptors (Lipinski definition) is 4. The van der Waals surface area contributed by atoms with Crippen LogP contribution >= 0.6 is 0 Å². The quantitative estimate of drug-likeness (QED) is 0.290. The number of nitrogens with zero attached hydrogens (tertiary/aromatic N) is 2. The van der Waals surface area contributed by atoms with Crippen LogP contribution in [0.15, 0.2) is 5.16 Å². The maximum atomic E-state index is 8.58. The molecule has 3 N–H and O–H groups in total. The van der Waals surface area contributed by atoms with Gasteiger partial charge in [-0.25, -0.2) is 0 Å². The first-order valence-corrected chi connectivity index (χ1v) is 4.98. The van der Waals surface area contributed by atoms with Crippen LogP contribution in [0.4, 0.5) is 0 Å². The van der Waals surface area contributed by atoms with Gasteiger partial charge in [0.2, 0.25) is 0 Å². The van der Waals surface area contributed by atoms with Crippen molar-refractivity contribution >= 4 is 5.84 Å². The van der Waals surface area contributed by atoms with Gasteiger partial charge >= 0.3 is 0 Å². The van der Waals surface area contributed by atoms with Crippen LogP contribution in [0.25, 0.3) is 0 Å². The molecule has 0 aromatic rings.